The van der Waals surface area contributed by atoms with Crippen molar-refractivity contribution in [3.8, 4) is 5.75 Å². The van der Waals surface area contributed by atoms with Gasteiger partial charge < -0.3 is 4.74 Å². The Morgan fingerprint density at radius 1 is 1.40 bits per heavy atom. The van der Waals surface area contributed by atoms with Crippen LogP contribution in [0.25, 0.3) is 0 Å². The van der Waals surface area contributed by atoms with Gasteiger partial charge in [-0.15, -0.1) is 0 Å². The van der Waals surface area contributed by atoms with Crippen molar-refractivity contribution in [3.63, 3.8) is 0 Å². The summed E-state index contributed by atoms with van der Waals surface area (Å²) in [5.74, 6) is 0.870. The molecule has 0 bridgehead atoms. The fraction of sp³-hybridized carbons (Fsp3) is 0.538. The molecule has 1 nitrogen and oxygen atoms in total. The molecule has 0 aliphatic rings. The zero-order valence-electron chi connectivity index (χ0n) is 9.72. The van der Waals surface area contributed by atoms with Crippen LogP contribution in [0, 0.1) is 5.82 Å². The second-order valence-electron chi connectivity index (χ2n) is 3.93. The van der Waals surface area contributed by atoms with Gasteiger partial charge in [-0.1, -0.05) is 26.7 Å². The molecule has 0 saturated heterocycles. The van der Waals surface area contributed by atoms with E-state index in [0.717, 1.165) is 30.6 Å². The Labute approximate surface area is 91.3 Å². The van der Waals surface area contributed by atoms with Gasteiger partial charge in [0.1, 0.15) is 11.6 Å². The van der Waals surface area contributed by atoms with Gasteiger partial charge in [0, 0.05) is 0 Å². The largest absolute Gasteiger partial charge is 0.497 e. The number of ether oxygens (including phenoxy) is 1. The molecule has 0 spiro atoms. The lowest BCUT2D eigenvalue weighted by Gasteiger charge is -2.13. The standard InChI is InChI=1S/C13H19FO/c1-4-5-6-10(2)12-9-11(15-3)7-8-13(12)14/h7-10H,4-6H2,1-3H3. The van der Waals surface area contributed by atoms with Gasteiger partial charge in [-0.25, -0.2) is 4.39 Å². The second-order valence-corrected chi connectivity index (χ2v) is 3.93. The average molecular weight is 210 g/mol. The van der Waals surface area contributed by atoms with Gasteiger partial charge in [-0.2, -0.15) is 0 Å². The van der Waals surface area contributed by atoms with Gasteiger partial charge in [0.25, 0.3) is 0 Å². The molecule has 0 aliphatic heterocycles. The fourth-order valence-corrected chi connectivity index (χ4v) is 1.69. The number of hydrogen-bond acceptors (Lipinski definition) is 1. The van der Waals surface area contributed by atoms with Crippen LogP contribution in [-0.4, -0.2) is 7.11 Å². The van der Waals surface area contributed by atoms with Crippen molar-refractivity contribution in [2.45, 2.75) is 39.0 Å². The molecule has 0 fully saturated rings. The van der Waals surface area contributed by atoms with E-state index in [4.69, 9.17) is 4.74 Å². The van der Waals surface area contributed by atoms with Gasteiger partial charge in [-0.3, -0.25) is 0 Å². The molecule has 15 heavy (non-hydrogen) atoms. The molecule has 0 aromatic heterocycles. The monoisotopic (exact) mass is 210 g/mol. The van der Waals surface area contributed by atoms with Crippen molar-refractivity contribution in [1.29, 1.82) is 0 Å². The van der Waals surface area contributed by atoms with E-state index in [0.29, 0.717) is 0 Å². The van der Waals surface area contributed by atoms with Crippen LogP contribution >= 0.6 is 0 Å². The Morgan fingerprint density at radius 2 is 2.13 bits per heavy atom. The molecule has 0 aliphatic carbocycles. The fourth-order valence-electron chi connectivity index (χ4n) is 1.69. The molecule has 84 valence electrons. The smallest absolute Gasteiger partial charge is 0.126 e. The summed E-state index contributed by atoms with van der Waals surface area (Å²) in [6.45, 7) is 4.21. The first-order chi connectivity index (χ1) is 7.19. The number of methoxy groups -OCH3 is 1. The second kappa shape index (κ2) is 5.74. The summed E-state index contributed by atoms with van der Waals surface area (Å²) in [6, 6.07) is 4.94. The van der Waals surface area contributed by atoms with E-state index in [1.54, 1.807) is 19.2 Å². The lowest BCUT2D eigenvalue weighted by molar-refractivity contribution is 0.411. The first-order valence-corrected chi connectivity index (χ1v) is 5.52. The molecular formula is C13H19FO. The number of unbranched alkanes of at least 4 members (excludes halogenated alkanes) is 1. The topological polar surface area (TPSA) is 9.23 Å². The maximum Gasteiger partial charge on any atom is 0.126 e. The molecule has 0 amide bonds. The summed E-state index contributed by atoms with van der Waals surface area (Å²) < 4.78 is 18.6. The molecule has 1 rings (SSSR count). The molecule has 0 heterocycles. The number of benzene rings is 1. The SMILES string of the molecule is CCCCC(C)c1cc(OC)ccc1F. The van der Waals surface area contributed by atoms with Gasteiger partial charge >= 0.3 is 0 Å². The van der Waals surface area contributed by atoms with Crippen molar-refractivity contribution in [1.82, 2.24) is 0 Å². The molecule has 0 radical (unpaired) electrons. The number of hydrogen-bond donors (Lipinski definition) is 0. The molecule has 1 aromatic carbocycles. The maximum absolute atomic E-state index is 13.5. The Balaban J connectivity index is 2.81. The third kappa shape index (κ3) is 3.22. The predicted molar refractivity (Wildman–Crippen MR) is 60.9 cm³/mol. The first-order valence-electron chi connectivity index (χ1n) is 5.52. The summed E-state index contributed by atoms with van der Waals surface area (Å²) in [5.41, 5.74) is 0.766. The van der Waals surface area contributed by atoms with E-state index in [1.807, 2.05) is 0 Å². The lowest BCUT2D eigenvalue weighted by atomic mass is 9.95. The molecule has 1 atom stereocenters. The maximum atomic E-state index is 13.5. The molecule has 1 unspecified atom stereocenters. The Kier molecular flexibility index (Phi) is 4.60. The van der Waals surface area contributed by atoms with Crippen molar-refractivity contribution < 1.29 is 9.13 Å². The third-order valence-corrected chi connectivity index (χ3v) is 2.72. The lowest BCUT2D eigenvalue weighted by Crippen LogP contribution is -1.98. The minimum atomic E-state index is -0.126. The zero-order chi connectivity index (χ0) is 11.3. The Bertz CT molecular complexity index is 309. The van der Waals surface area contributed by atoms with E-state index in [2.05, 4.69) is 13.8 Å². The van der Waals surface area contributed by atoms with Crippen LogP contribution in [0.4, 0.5) is 4.39 Å². The highest BCUT2D eigenvalue weighted by molar-refractivity contribution is 5.31. The molecule has 0 N–H and O–H groups in total. The van der Waals surface area contributed by atoms with Gasteiger partial charge in [0.15, 0.2) is 0 Å². The Morgan fingerprint density at radius 3 is 2.73 bits per heavy atom. The quantitative estimate of drug-likeness (QED) is 0.710. The van der Waals surface area contributed by atoms with Gasteiger partial charge in [0.2, 0.25) is 0 Å². The van der Waals surface area contributed by atoms with Crippen LogP contribution in [0.3, 0.4) is 0 Å². The Hall–Kier alpha value is -1.05. The van der Waals surface area contributed by atoms with Gasteiger partial charge in [-0.05, 0) is 36.1 Å². The minimum Gasteiger partial charge on any atom is -0.497 e. The zero-order valence-corrected chi connectivity index (χ0v) is 9.72. The predicted octanol–water partition coefficient (Wildman–Crippen LogP) is 4.13. The average Bonchev–Trinajstić information content (AvgIpc) is 2.26. The normalized spacial score (nSPS) is 12.5. The third-order valence-electron chi connectivity index (χ3n) is 2.72. The summed E-state index contributed by atoms with van der Waals surface area (Å²) in [7, 11) is 1.60. The van der Waals surface area contributed by atoms with Crippen molar-refractivity contribution >= 4 is 0 Å². The van der Waals surface area contributed by atoms with Crippen molar-refractivity contribution in [2.24, 2.45) is 0 Å². The van der Waals surface area contributed by atoms with Crippen LogP contribution in [0.1, 0.15) is 44.6 Å². The minimum absolute atomic E-state index is 0.126. The highest BCUT2D eigenvalue weighted by Gasteiger charge is 2.11. The summed E-state index contributed by atoms with van der Waals surface area (Å²) in [5, 5.41) is 0. The highest BCUT2D eigenvalue weighted by atomic mass is 19.1. The van der Waals surface area contributed by atoms with E-state index in [9.17, 15) is 4.39 Å². The van der Waals surface area contributed by atoms with Crippen molar-refractivity contribution in [3.05, 3.63) is 29.6 Å². The van der Waals surface area contributed by atoms with E-state index >= 15 is 0 Å². The van der Waals surface area contributed by atoms with E-state index in [1.165, 1.54) is 6.07 Å². The first kappa shape index (κ1) is 12.0. The van der Waals surface area contributed by atoms with Gasteiger partial charge in [0.05, 0.1) is 7.11 Å². The summed E-state index contributed by atoms with van der Waals surface area (Å²) in [4.78, 5) is 0. The van der Waals surface area contributed by atoms with Crippen LogP contribution in [0.15, 0.2) is 18.2 Å². The molecular weight excluding hydrogens is 191 g/mol. The summed E-state index contributed by atoms with van der Waals surface area (Å²) in [6.07, 6.45) is 3.31. The van der Waals surface area contributed by atoms with E-state index in [-0.39, 0.29) is 11.7 Å². The molecule has 0 saturated carbocycles. The summed E-state index contributed by atoms with van der Waals surface area (Å²) >= 11 is 0. The van der Waals surface area contributed by atoms with Crippen LogP contribution in [0.5, 0.6) is 5.75 Å². The number of halogens is 1. The van der Waals surface area contributed by atoms with E-state index < -0.39 is 0 Å². The highest BCUT2D eigenvalue weighted by Crippen LogP contribution is 2.27. The molecule has 2 heteroatoms. The molecule has 1 aromatic rings. The van der Waals surface area contributed by atoms with Crippen LogP contribution in [-0.2, 0) is 0 Å². The number of rotatable bonds is 5. The van der Waals surface area contributed by atoms with Crippen LogP contribution in [0.2, 0.25) is 0 Å². The van der Waals surface area contributed by atoms with Crippen LogP contribution < -0.4 is 4.74 Å². The van der Waals surface area contributed by atoms with Crippen molar-refractivity contribution in [2.75, 3.05) is 7.11 Å².